The number of hydrogen-bond donors (Lipinski definition) is 2. The second-order valence-electron chi connectivity index (χ2n) is 5.65. The molecule has 0 atom stereocenters. The van der Waals surface area contributed by atoms with Gasteiger partial charge in [-0.2, -0.15) is 0 Å². The van der Waals surface area contributed by atoms with Gasteiger partial charge in [0.15, 0.2) is 0 Å². The minimum Gasteiger partial charge on any atom is -0.351 e. The Morgan fingerprint density at radius 3 is 2.59 bits per heavy atom. The third kappa shape index (κ3) is 4.84. The molecule has 0 unspecified atom stereocenters. The van der Waals surface area contributed by atoms with Gasteiger partial charge in [-0.05, 0) is 37.5 Å². The highest BCUT2D eigenvalue weighted by Gasteiger charge is 2.10. The van der Waals surface area contributed by atoms with Crippen LogP contribution in [0.4, 0.5) is 11.6 Å². The van der Waals surface area contributed by atoms with Crippen molar-refractivity contribution in [3.8, 4) is 0 Å². The van der Waals surface area contributed by atoms with Crippen LogP contribution in [0.25, 0.3) is 0 Å². The molecule has 1 aromatic heterocycles. The molecular formula is C17H22N4O. The largest absolute Gasteiger partial charge is 0.351 e. The number of carbonyl (C=O) groups is 1. The molecule has 0 aliphatic carbocycles. The average molecular weight is 298 g/mol. The third-order valence-electron chi connectivity index (χ3n) is 3.12. The second kappa shape index (κ2) is 7.54. The number of carbonyl (C=O) groups excluding carboxylic acids is 1. The van der Waals surface area contributed by atoms with E-state index in [1.807, 2.05) is 37.3 Å². The maximum absolute atomic E-state index is 12.2. The molecule has 2 aromatic rings. The molecule has 1 heterocycles. The Morgan fingerprint density at radius 2 is 1.91 bits per heavy atom. The molecule has 0 saturated carbocycles. The molecule has 116 valence electrons. The first-order valence-electron chi connectivity index (χ1n) is 7.50. The van der Waals surface area contributed by atoms with E-state index in [4.69, 9.17) is 0 Å². The van der Waals surface area contributed by atoms with E-state index in [0.29, 0.717) is 24.1 Å². The van der Waals surface area contributed by atoms with Crippen molar-refractivity contribution in [3.63, 3.8) is 0 Å². The van der Waals surface area contributed by atoms with Gasteiger partial charge in [0.25, 0.3) is 5.91 Å². The van der Waals surface area contributed by atoms with E-state index in [9.17, 15) is 4.79 Å². The summed E-state index contributed by atoms with van der Waals surface area (Å²) in [5.74, 6) is 0.824. The maximum atomic E-state index is 12.2. The fraction of sp³-hybridized carbons (Fsp3) is 0.353. The van der Waals surface area contributed by atoms with Crippen LogP contribution in [0.1, 0.15) is 36.5 Å². The first-order valence-corrected chi connectivity index (χ1v) is 7.50. The van der Waals surface area contributed by atoms with Crippen molar-refractivity contribution in [2.24, 2.45) is 5.92 Å². The fourth-order valence-corrected chi connectivity index (χ4v) is 1.96. The molecule has 0 aliphatic rings. The van der Waals surface area contributed by atoms with Gasteiger partial charge < -0.3 is 10.6 Å². The highest BCUT2D eigenvalue weighted by atomic mass is 16.1. The molecule has 0 spiro atoms. The molecule has 0 aliphatic heterocycles. The van der Waals surface area contributed by atoms with E-state index in [1.165, 1.54) is 0 Å². The van der Waals surface area contributed by atoms with E-state index < -0.39 is 0 Å². The van der Waals surface area contributed by atoms with Crippen LogP contribution in [0.3, 0.4) is 0 Å². The van der Waals surface area contributed by atoms with E-state index >= 15 is 0 Å². The van der Waals surface area contributed by atoms with Crippen molar-refractivity contribution in [2.75, 3.05) is 11.9 Å². The fourth-order valence-electron chi connectivity index (χ4n) is 1.96. The zero-order valence-electron chi connectivity index (χ0n) is 13.3. The van der Waals surface area contributed by atoms with Crippen LogP contribution in [0.2, 0.25) is 0 Å². The van der Waals surface area contributed by atoms with Crippen molar-refractivity contribution in [3.05, 3.63) is 47.8 Å². The number of amides is 1. The number of para-hydroxylation sites is 1. The summed E-state index contributed by atoms with van der Waals surface area (Å²) >= 11 is 0. The first kappa shape index (κ1) is 15.9. The number of hydrogen-bond acceptors (Lipinski definition) is 4. The summed E-state index contributed by atoms with van der Waals surface area (Å²) in [6, 6.07) is 11.3. The summed E-state index contributed by atoms with van der Waals surface area (Å²) in [5.41, 5.74) is 2.02. The molecule has 0 fully saturated rings. The molecule has 0 saturated heterocycles. The summed E-state index contributed by atoms with van der Waals surface area (Å²) in [6.45, 7) is 6.76. The van der Waals surface area contributed by atoms with Gasteiger partial charge >= 0.3 is 0 Å². The molecule has 22 heavy (non-hydrogen) atoms. The van der Waals surface area contributed by atoms with E-state index in [2.05, 4.69) is 34.4 Å². The molecule has 0 bridgehead atoms. The average Bonchev–Trinajstić information content (AvgIpc) is 2.47. The van der Waals surface area contributed by atoms with Gasteiger partial charge in [0.2, 0.25) is 5.95 Å². The van der Waals surface area contributed by atoms with Crippen LogP contribution in [0.5, 0.6) is 0 Å². The van der Waals surface area contributed by atoms with Crippen molar-refractivity contribution >= 4 is 17.5 Å². The van der Waals surface area contributed by atoms with Gasteiger partial charge in [0.05, 0.1) is 0 Å². The van der Waals surface area contributed by atoms with Gasteiger partial charge in [-0.15, -0.1) is 0 Å². The van der Waals surface area contributed by atoms with Gasteiger partial charge in [0.1, 0.15) is 5.69 Å². The Balaban J connectivity index is 2.07. The third-order valence-corrected chi connectivity index (χ3v) is 3.12. The number of nitrogens with one attached hydrogen (secondary N) is 2. The molecule has 1 aromatic carbocycles. The normalized spacial score (nSPS) is 10.5. The minimum atomic E-state index is -0.165. The van der Waals surface area contributed by atoms with Crippen LogP contribution in [-0.2, 0) is 0 Å². The molecule has 5 heteroatoms. The van der Waals surface area contributed by atoms with Crippen molar-refractivity contribution in [1.82, 2.24) is 15.3 Å². The van der Waals surface area contributed by atoms with Crippen molar-refractivity contribution in [1.29, 1.82) is 0 Å². The van der Waals surface area contributed by atoms with Crippen LogP contribution >= 0.6 is 0 Å². The molecule has 2 rings (SSSR count). The smallest absolute Gasteiger partial charge is 0.270 e. The standard InChI is InChI=1S/C17H22N4O/c1-12(2)9-10-18-16(22)15-11-13(3)19-17(21-15)20-14-7-5-4-6-8-14/h4-8,11-12H,9-10H2,1-3H3,(H,18,22)(H,19,20,21). The first-order chi connectivity index (χ1) is 10.5. The number of aryl methyl sites for hydroxylation is 1. The highest BCUT2D eigenvalue weighted by Crippen LogP contribution is 2.13. The molecule has 2 N–H and O–H groups in total. The SMILES string of the molecule is Cc1cc(C(=O)NCCC(C)C)nc(Nc2ccccc2)n1. The Morgan fingerprint density at radius 1 is 1.18 bits per heavy atom. The Labute approximate surface area is 131 Å². The molecule has 1 amide bonds. The number of benzene rings is 1. The van der Waals surface area contributed by atoms with E-state index in [0.717, 1.165) is 17.8 Å². The predicted octanol–water partition coefficient (Wildman–Crippen LogP) is 3.30. The van der Waals surface area contributed by atoms with Crippen molar-refractivity contribution < 1.29 is 4.79 Å². The molecule has 5 nitrogen and oxygen atoms in total. The highest BCUT2D eigenvalue weighted by molar-refractivity contribution is 5.92. The monoisotopic (exact) mass is 298 g/mol. The lowest BCUT2D eigenvalue weighted by Crippen LogP contribution is -2.26. The van der Waals surface area contributed by atoms with E-state index in [-0.39, 0.29) is 5.91 Å². The quantitative estimate of drug-likeness (QED) is 0.858. The maximum Gasteiger partial charge on any atom is 0.270 e. The molecular weight excluding hydrogens is 276 g/mol. The summed E-state index contributed by atoms with van der Waals surface area (Å²) in [5, 5.41) is 6.00. The lowest BCUT2D eigenvalue weighted by atomic mass is 10.1. The zero-order valence-corrected chi connectivity index (χ0v) is 13.3. The Kier molecular flexibility index (Phi) is 5.47. The van der Waals surface area contributed by atoms with Crippen molar-refractivity contribution in [2.45, 2.75) is 27.2 Å². The summed E-state index contributed by atoms with van der Waals surface area (Å²) in [7, 11) is 0. The topological polar surface area (TPSA) is 66.9 Å². The number of anilines is 2. The van der Waals surface area contributed by atoms with Gasteiger partial charge in [-0.25, -0.2) is 9.97 Å². The minimum absolute atomic E-state index is 0.165. The molecule has 0 radical (unpaired) electrons. The summed E-state index contributed by atoms with van der Waals surface area (Å²) in [4.78, 5) is 20.8. The zero-order chi connectivity index (χ0) is 15.9. The van der Waals surface area contributed by atoms with Crippen LogP contribution in [0.15, 0.2) is 36.4 Å². The Hall–Kier alpha value is -2.43. The summed E-state index contributed by atoms with van der Waals surface area (Å²) < 4.78 is 0. The lowest BCUT2D eigenvalue weighted by Gasteiger charge is -2.09. The Bertz CT molecular complexity index is 626. The van der Waals surface area contributed by atoms with Gasteiger partial charge in [-0.3, -0.25) is 4.79 Å². The summed E-state index contributed by atoms with van der Waals surface area (Å²) in [6.07, 6.45) is 0.949. The number of nitrogens with zero attached hydrogens (tertiary/aromatic N) is 2. The van der Waals surface area contributed by atoms with Crippen LogP contribution in [0, 0.1) is 12.8 Å². The van der Waals surface area contributed by atoms with Gasteiger partial charge in [-0.1, -0.05) is 32.0 Å². The number of aromatic nitrogens is 2. The number of rotatable bonds is 6. The lowest BCUT2D eigenvalue weighted by molar-refractivity contribution is 0.0947. The van der Waals surface area contributed by atoms with Crippen LogP contribution < -0.4 is 10.6 Å². The second-order valence-corrected chi connectivity index (χ2v) is 5.65. The predicted molar refractivity (Wildman–Crippen MR) is 88.3 cm³/mol. The van der Waals surface area contributed by atoms with Crippen LogP contribution in [-0.4, -0.2) is 22.4 Å². The van der Waals surface area contributed by atoms with Gasteiger partial charge in [0, 0.05) is 17.9 Å². The van der Waals surface area contributed by atoms with E-state index in [1.54, 1.807) is 6.07 Å².